The van der Waals surface area contributed by atoms with Crippen LogP contribution in [-0.4, -0.2) is 0 Å². The minimum absolute atomic E-state index is 0.587. The van der Waals surface area contributed by atoms with Gasteiger partial charge in [0, 0.05) is 0 Å². The molecule has 0 bridgehead atoms. The lowest BCUT2D eigenvalue weighted by Gasteiger charge is -1.74. The summed E-state index contributed by atoms with van der Waals surface area (Å²) in [5.74, 6) is 0. The fraction of sp³-hybridized carbons (Fsp3) is 0.600. The zero-order valence-electron chi connectivity index (χ0n) is 3.95. The summed E-state index contributed by atoms with van der Waals surface area (Å²) in [7, 11) is 0. The van der Waals surface area contributed by atoms with Crippen molar-refractivity contribution in [2.75, 3.05) is 0 Å². The first-order chi connectivity index (χ1) is 2.91. The molecule has 0 rings (SSSR count). The van der Waals surface area contributed by atoms with E-state index in [2.05, 4.69) is 0 Å². The monoisotopic (exact) mass is 88.1 g/mol. The summed E-state index contributed by atoms with van der Waals surface area (Å²) in [6.07, 6.45) is 3.99. The summed E-state index contributed by atoms with van der Waals surface area (Å²) in [4.78, 5) is 0. The van der Waals surface area contributed by atoms with Crippen LogP contribution in [0.3, 0.4) is 0 Å². The van der Waals surface area contributed by atoms with E-state index in [1.54, 1.807) is 0 Å². The summed E-state index contributed by atoms with van der Waals surface area (Å²) >= 11 is 0. The molecular weight excluding hydrogens is 79.1 g/mol. The summed E-state index contributed by atoms with van der Waals surface area (Å²) in [5, 5.41) is 0. The van der Waals surface area contributed by atoms with Crippen LogP contribution in [0.5, 0.6) is 0 Å². The third kappa shape index (κ3) is 3.67. The quantitative estimate of drug-likeness (QED) is 0.485. The molecule has 0 aromatic heterocycles. The first kappa shape index (κ1) is 5.67. The Balaban J connectivity index is 2.66. The minimum Gasteiger partial charge on any atom is -0.216 e. The fourth-order valence-corrected chi connectivity index (χ4v) is 0.230. The topological polar surface area (TPSA) is 0 Å². The highest BCUT2D eigenvalue weighted by atomic mass is 19.1. The minimum atomic E-state index is 0.587. The van der Waals surface area contributed by atoms with Gasteiger partial charge in [0.05, 0.1) is 6.33 Å². The number of unbranched alkanes of at least 4 members (excludes halogenated alkanes) is 1. The van der Waals surface area contributed by atoms with Gasteiger partial charge in [-0.2, -0.15) is 0 Å². The van der Waals surface area contributed by atoms with E-state index in [0.29, 0.717) is 6.33 Å². The van der Waals surface area contributed by atoms with E-state index < -0.39 is 0 Å². The Kier molecular flexibility index (Phi) is 4.41. The van der Waals surface area contributed by atoms with Crippen molar-refractivity contribution < 1.29 is 4.39 Å². The molecule has 0 unspecified atom stereocenters. The van der Waals surface area contributed by atoms with Gasteiger partial charge in [0.2, 0.25) is 0 Å². The first-order valence-corrected chi connectivity index (χ1v) is 2.17. The second kappa shape index (κ2) is 4.67. The SMILES string of the molecule is CCCC=CF. The molecule has 0 radical (unpaired) electrons. The molecule has 0 heterocycles. The molecule has 1 heteroatoms. The third-order valence-electron chi connectivity index (χ3n) is 0.544. The largest absolute Gasteiger partial charge is 0.216 e. The van der Waals surface area contributed by atoms with E-state index in [0.717, 1.165) is 12.8 Å². The van der Waals surface area contributed by atoms with E-state index in [1.165, 1.54) is 6.08 Å². The van der Waals surface area contributed by atoms with Crippen LogP contribution < -0.4 is 0 Å². The van der Waals surface area contributed by atoms with Crippen molar-refractivity contribution in [3.8, 4) is 0 Å². The number of hydrogen-bond acceptors (Lipinski definition) is 0. The van der Waals surface area contributed by atoms with Crippen molar-refractivity contribution in [3.05, 3.63) is 12.4 Å². The molecule has 0 aromatic rings. The molecule has 0 aliphatic carbocycles. The Labute approximate surface area is 37.7 Å². The maximum Gasteiger partial charge on any atom is 0.0827 e. The van der Waals surface area contributed by atoms with Crippen LogP contribution in [0.25, 0.3) is 0 Å². The summed E-state index contributed by atoms with van der Waals surface area (Å²) < 4.78 is 11.0. The summed E-state index contributed by atoms with van der Waals surface area (Å²) in [6.45, 7) is 2.01. The maximum absolute atomic E-state index is 11.0. The Morgan fingerprint density at radius 2 is 2.33 bits per heavy atom. The normalized spacial score (nSPS) is 10.3. The second-order valence-corrected chi connectivity index (χ2v) is 1.15. The molecule has 0 N–H and O–H groups in total. The molecule has 36 valence electrons. The Morgan fingerprint density at radius 3 is 2.50 bits per heavy atom. The van der Waals surface area contributed by atoms with E-state index in [-0.39, 0.29) is 0 Å². The van der Waals surface area contributed by atoms with Crippen LogP contribution in [0.2, 0.25) is 0 Å². The van der Waals surface area contributed by atoms with Crippen molar-refractivity contribution >= 4 is 0 Å². The van der Waals surface area contributed by atoms with Crippen molar-refractivity contribution in [3.63, 3.8) is 0 Å². The van der Waals surface area contributed by atoms with Gasteiger partial charge >= 0.3 is 0 Å². The van der Waals surface area contributed by atoms with Crippen LogP contribution in [0.15, 0.2) is 12.4 Å². The molecule has 0 fully saturated rings. The Bertz CT molecular complexity index is 39.2. The van der Waals surface area contributed by atoms with Crippen LogP contribution >= 0.6 is 0 Å². The average molecular weight is 88.1 g/mol. The molecule has 0 spiro atoms. The molecule has 0 aromatic carbocycles. The molecule has 0 saturated carbocycles. The second-order valence-electron chi connectivity index (χ2n) is 1.15. The van der Waals surface area contributed by atoms with Crippen LogP contribution in [0.4, 0.5) is 4.39 Å². The van der Waals surface area contributed by atoms with Gasteiger partial charge in [-0.3, -0.25) is 0 Å². The van der Waals surface area contributed by atoms with Crippen molar-refractivity contribution in [1.82, 2.24) is 0 Å². The van der Waals surface area contributed by atoms with E-state index in [1.807, 2.05) is 6.92 Å². The van der Waals surface area contributed by atoms with Gasteiger partial charge in [-0.15, -0.1) is 0 Å². The van der Waals surface area contributed by atoms with Crippen LogP contribution in [0.1, 0.15) is 19.8 Å². The van der Waals surface area contributed by atoms with Gasteiger partial charge in [-0.05, 0) is 6.42 Å². The van der Waals surface area contributed by atoms with E-state index >= 15 is 0 Å². The Hall–Kier alpha value is -0.330. The van der Waals surface area contributed by atoms with Crippen molar-refractivity contribution in [1.29, 1.82) is 0 Å². The summed E-state index contributed by atoms with van der Waals surface area (Å²) in [6, 6.07) is 0. The van der Waals surface area contributed by atoms with Gasteiger partial charge in [-0.1, -0.05) is 19.4 Å². The third-order valence-corrected chi connectivity index (χ3v) is 0.544. The van der Waals surface area contributed by atoms with Gasteiger partial charge in [0.1, 0.15) is 0 Å². The van der Waals surface area contributed by atoms with Gasteiger partial charge in [0.15, 0.2) is 0 Å². The van der Waals surface area contributed by atoms with Crippen molar-refractivity contribution in [2.24, 2.45) is 0 Å². The molecule has 0 aliphatic heterocycles. The van der Waals surface area contributed by atoms with E-state index in [9.17, 15) is 4.39 Å². The van der Waals surface area contributed by atoms with E-state index in [4.69, 9.17) is 0 Å². The number of rotatable bonds is 2. The molecule has 0 saturated heterocycles. The van der Waals surface area contributed by atoms with Gasteiger partial charge in [0.25, 0.3) is 0 Å². The predicted octanol–water partition coefficient (Wildman–Crippen LogP) is 2.27. The van der Waals surface area contributed by atoms with Gasteiger partial charge < -0.3 is 0 Å². The highest BCUT2D eigenvalue weighted by Crippen LogP contribution is 1.86. The van der Waals surface area contributed by atoms with Crippen LogP contribution in [0, 0.1) is 0 Å². The molecule has 0 atom stereocenters. The predicted molar refractivity (Wildman–Crippen MR) is 25.2 cm³/mol. The zero-order chi connectivity index (χ0) is 4.83. The maximum atomic E-state index is 11.0. The first-order valence-electron chi connectivity index (χ1n) is 2.17. The number of halogens is 1. The molecule has 0 amide bonds. The van der Waals surface area contributed by atoms with Gasteiger partial charge in [-0.25, -0.2) is 4.39 Å². The lowest BCUT2D eigenvalue weighted by atomic mass is 10.3. The molecular formula is C5H9F. The smallest absolute Gasteiger partial charge is 0.0827 e. The lowest BCUT2D eigenvalue weighted by Crippen LogP contribution is -1.55. The molecule has 6 heavy (non-hydrogen) atoms. The number of hydrogen-bond donors (Lipinski definition) is 0. The van der Waals surface area contributed by atoms with Crippen molar-refractivity contribution in [2.45, 2.75) is 19.8 Å². The molecule has 0 aliphatic rings. The highest BCUT2D eigenvalue weighted by Gasteiger charge is 1.66. The Morgan fingerprint density at radius 1 is 1.67 bits per heavy atom. The fourth-order valence-electron chi connectivity index (χ4n) is 0.230. The molecule has 0 nitrogen and oxygen atoms in total. The zero-order valence-corrected chi connectivity index (χ0v) is 3.95. The lowest BCUT2D eigenvalue weighted by molar-refractivity contribution is 0.712. The summed E-state index contributed by atoms with van der Waals surface area (Å²) in [5.41, 5.74) is 0. The highest BCUT2D eigenvalue weighted by molar-refractivity contribution is 4.69. The average Bonchev–Trinajstić information content (AvgIpc) is 1.61. The standard InChI is InChI=1S/C5H9F/c1-2-3-4-5-6/h4-5H,2-3H2,1H3. The number of allylic oxidation sites excluding steroid dienone is 1. The van der Waals surface area contributed by atoms with Crippen LogP contribution in [-0.2, 0) is 0 Å².